The van der Waals surface area contributed by atoms with Crippen molar-refractivity contribution < 1.29 is 14.7 Å². The summed E-state index contributed by atoms with van der Waals surface area (Å²) < 4.78 is 1.32. The molecule has 6 nitrogen and oxygen atoms in total. The number of aromatic nitrogens is 2. The predicted molar refractivity (Wildman–Crippen MR) is 86.5 cm³/mol. The first-order chi connectivity index (χ1) is 10.9. The van der Waals surface area contributed by atoms with Crippen LogP contribution >= 0.6 is 0 Å². The van der Waals surface area contributed by atoms with Gasteiger partial charge < -0.3 is 10.4 Å². The van der Waals surface area contributed by atoms with Gasteiger partial charge in [-0.15, -0.1) is 0 Å². The van der Waals surface area contributed by atoms with Crippen molar-refractivity contribution in [3.8, 4) is 0 Å². The van der Waals surface area contributed by atoms with Gasteiger partial charge in [-0.05, 0) is 24.5 Å². The molecule has 1 aromatic heterocycles. The Balaban J connectivity index is 2.12. The lowest BCUT2D eigenvalue weighted by Crippen LogP contribution is -2.28. The van der Waals surface area contributed by atoms with Crippen molar-refractivity contribution in [2.45, 2.75) is 32.7 Å². The van der Waals surface area contributed by atoms with Gasteiger partial charge in [0, 0.05) is 13.2 Å². The third-order valence-corrected chi connectivity index (χ3v) is 3.64. The van der Waals surface area contributed by atoms with E-state index in [-0.39, 0.29) is 17.3 Å². The minimum Gasteiger partial charge on any atom is -0.478 e. The summed E-state index contributed by atoms with van der Waals surface area (Å²) in [5.74, 6) is -1.66. The normalized spacial score (nSPS) is 12.0. The van der Waals surface area contributed by atoms with E-state index in [9.17, 15) is 9.59 Å². The van der Waals surface area contributed by atoms with Crippen molar-refractivity contribution in [3.63, 3.8) is 0 Å². The van der Waals surface area contributed by atoms with Crippen LogP contribution in [0.25, 0.3) is 0 Å². The molecule has 2 aromatic rings. The van der Waals surface area contributed by atoms with Gasteiger partial charge in [0.25, 0.3) is 5.91 Å². The summed E-state index contributed by atoms with van der Waals surface area (Å²) >= 11 is 0. The fourth-order valence-corrected chi connectivity index (χ4v) is 2.42. The molecular weight excluding hydrogens is 294 g/mol. The quantitative estimate of drug-likeness (QED) is 0.858. The van der Waals surface area contributed by atoms with E-state index >= 15 is 0 Å². The lowest BCUT2D eigenvalue weighted by atomic mass is 10.0. The topological polar surface area (TPSA) is 84.2 Å². The molecule has 0 fully saturated rings. The highest BCUT2D eigenvalue weighted by molar-refractivity contribution is 6.03. The van der Waals surface area contributed by atoms with Crippen LogP contribution in [0.3, 0.4) is 0 Å². The Morgan fingerprint density at radius 2 is 1.96 bits per heavy atom. The molecule has 1 amide bonds. The Morgan fingerprint density at radius 1 is 1.30 bits per heavy atom. The average molecular weight is 315 g/mol. The molecule has 6 heteroatoms. The molecule has 0 radical (unpaired) electrons. The lowest BCUT2D eigenvalue weighted by Gasteiger charge is -2.14. The van der Waals surface area contributed by atoms with Gasteiger partial charge in [0.05, 0.1) is 6.04 Å². The van der Waals surface area contributed by atoms with Crippen LogP contribution < -0.4 is 5.32 Å². The smallest absolute Gasteiger partial charge is 0.339 e. The van der Waals surface area contributed by atoms with E-state index in [1.54, 1.807) is 7.05 Å². The molecule has 0 aliphatic heterocycles. The van der Waals surface area contributed by atoms with E-state index < -0.39 is 11.9 Å². The van der Waals surface area contributed by atoms with Crippen LogP contribution in [0.2, 0.25) is 0 Å². The van der Waals surface area contributed by atoms with E-state index in [1.165, 1.54) is 16.4 Å². The van der Waals surface area contributed by atoms with Gasteiger partial charge in [0.1, 0.15) is 5.56 Å². The zero-order valence-corrected chi connectivity index (χ0v) is 13.5. The molecule has 23 heavy (non-hydrogen) atoms. The highest BCUT2D eigenvalue weighted by Gasteiger charge is 2.22. The van der Waals surface area contributed by atoms with E-state index in [1.807, 2.05) is 31.2 Å². The summed E-state index contributed by atoms with van der Waals surface area (Å²) in [4.78, 5) is 23.4. The average Bonchev–Trinajstić information content (AvgIpc) is 2.90. The Morgan fingerprint density at radius 3 is 2.52 bits per heavy atom. The largest absolute Gasteiger partial charge is 0.478 e. The molecule has 0 aliphatic carbocycles. The van der Waals surface area contributed by atoms with Crippen molar-refractivity contribution in [1.82, 2.24) is 15.1 Å². The van der Waals surface area contributed by atoms with Gasteiger partial charge in [0.15, 0.2) is 5.69 Å². The third-order valence-electron chi connectivity index (χ3n) is 3.64. The Bertz CT molecular complexity index is 704. The van der Waals surface area contributed by atoms with Gasteiger partial charge in [0.2, 0.25) is 0 Å². The summed E-state index contributed by atoms with van der Waals surface area (Å²) in [6, 6.07) is 7.82. The Labute approximate surface area is 135 Å². The van der Waals surface area contributed by atoms with Crippen LogP contribution in [0.15, 0.2) is 30.5 Å². The Hall–Kier alpha value is -2.63. The Kier molecular flexibility index (Phi) is 5.16. The number of nitrogens with one attached hydrogen (secondary N) is 1. The van der Waals surface area contributed by atoms with Crippen LogP contribution in [0.5, 0.6) is 0 Å². The molecule has 0 spiro atoms. The third kappa shape index (κ3) is 3.97. The van der Waals surface area contributed by atoms with Crippen LogP contribution in [-0.4, -0.2) is 26.8 Å². The van der Waals surface area contributed by atoms with Crippen molar-refractivity contribution in [2.75, 3.05) is 0 Å². The van der Waals surface area contributed by atoms with Crippen molar-refractivity contribution in [1.29, 1.82) is 0 Å². The molecule has 1 heterocycles. The second kappa shape index (κ2) is 7.09. The number of aromatic carboxylic acids is 1. The molecule has 0 unspecified atom stereocenters. The van der Waals surface area contributed by atoms with Gasteiger partial charge in [-0.3, -0.25) is 9.48 Å². The number of carboxylic acid groups (broad SMARTS) is 1. The van der Waals surface area contributed by atoms with Crippen molar-refractivity contribution in [2.24, 2.45) is 7.05 Å². The SMILES string of the molecule is CCCc1ccc([C@H](C)NC(=O)c2nn(C)cc2C(=O)O)cc1. The summed E-state index contributed by atoms with van der Waals surface area (Å²) in [5.41, 5.74) is 2.05. The molecule has 1 atom stereocenters. The van der Waals surface area contributed by atoms with E-state index in [4.69, 9.17) is 5.11 Å². The zero-order chi connectivity index (χ0) is 17.0. The number of hydrogen-bond acceptors (Lipinski definition) is 3. The maximum absolute atomic E-state index is 12.3. The summed E-state index contributed by atoms with van der Waals surface area (Å²) in [7, 11) is 1.58. The molecule has 0 aliphatic rings. The number of carboxylic acids is 1. The van der Waals surface area contributed by atoms with Gasteiger partial charge >= 0.3 is 5.97 Å². The molecule has 0 saturated carbocycles. The van der Waals surface area contributed by atoms with E-state index in [0.717, 1.165) is 18.4 Å². The number of carbonyl (C=O) groups excluding carboxylic acids is 1. The second-order valence-corrected chi connectivity index (χ2v) is 5.56. The number of carbonyl (C=O) groups is 2. The lowest BCUT2D eigenvalue weighted by molar-refractivity contribution is 0.0690. The summed E-state index contributed by atoms with van der Waals surface area (Å²) in [6.07, 6.45) is 3.43. The highest BCUT2D eigenvalue weighted by atomic mass is 16.4. The van der Waals surface area contributed by atoms with Gasteiger partial charge in [-0.2, -0.15) is 5.10 Å². The number of hydrogen-bond donors (Lipinski definition) is 2. The standard InChI is InChI=1S/C17H21N3O3/c1-4-5-12-6-8-13(9-7-12)11(2)18-16(21)15-14(17(22)23)10-20(3)19-15/h6-11H,4-5H2,1-3H3,(H,18,21)(H,22,23)/t11-/m0/s1. The first kappa shape index (κ1) is 16.7. The van der Waals surface area contributed by atoms with Gasteiger partial charge in [-0.1, -0.05) is 37.6 Å². The summed E-state index contributed by atoms with van der Waals surface area (Å²) in [5, 5.41) is 15.9. The van der Waals surface area contributed by atoms with Crippen LogP contribution in [0.4, 0.5) is 0 Å². The number of benzene rings is 1. The van der Waals surface area contributed by atoms with E-state index in [0.29, 0.717) is 0 Å². The molecule has 122 valence electrons. The number of rotatable bonds is 6. The minimum atomic E-state index is -1.17. The van der Waals surface area contributed by atoms with Crippen molar-refractivity contribution in [3.05, 3.63) is 52.8 Å². The predicted octanol–water partition coefficient (Wildman–Crippen LogP) is 2.56. The highest BCUT2D eigenvalue weighted by Crippen LogP contribution is 2.16. The number of nitrogens with zero attached hydrogens (tertiary/aromatic N) is 2. The molecule has 0 saturated heterocycles. The second-order valence-electron chi connectivity index (χ2n) is 5.56. The molecular formula is C17H21N3O3. The summed E-state index contributed by atoms with van der Waals surface area (Å²) in [6.45, 7) is 3.99. The maximum Gasteiger partial charge on any atom is 0.339 e. The molecule has 2 rings (SSSR count). The monoisotopic (exact) mass is 315 g/mol. The maximum atomic E-state index is 12.3. The first-order valence-corrected chi connectivity index (χ1v) is 7.59. The van der Waals surface area contributed by atoms with Crippen LogP contribution in [0, 0.1) is 0 Å². The van der Waals surface area contributed by atoms with Crippen LogP contribution in [-0.2, 0) is 13.5 Å². The molecule has 1 aromatic carbocycles. The zero-order valence-electron chi connectivity index (χ0n) is 13.5. The van der Waals surface area contributed by atoms with Gasteiger partial charge in [-0.25, -0.2) is 4.79 Å². The fourth-order valence-electron chi connectivity index (χ4n) is 2.42. The fraction of sp³-hybridized carbons (Fsp3) is 0.353. The molecule has 2 N–H and O–H groups in total. The van der Waals surface area contributed by atoms with E-state index in [2.05, 4.69) is 17.3 Å². The molecule has 0 bridgehead atoms. The minimum absolute atomic E-state index is 0.0746. The number of aryl methyl sites for hydroxylation is 2. The first-order valence-electron chi connectivity index (χ1n) is 7.59. The number of amides is 1. The van der Waals surface area contributed by atoms with Crippen molar-refractivity contribution >= 4 is 11.9 Å². The van der Waals surface area contributed by atoms with Crippen LogP contribution in [0.1, 0.15) is 58.3 Å².